The fourth-order valence-corrected chi connectivity index (χ4v) is 0.971. The monoisotopic (exact) mass is 217 g/mol. The molecule has 0 aromatic heterocycles. The topological polar surface area (TPSA) is 41.5 Å². The molecule has 0 atom stereocenters. The zero-order valence-corrected chi connectivity index (χ0v) is 11.1. The smallest absolute Gasteiger partial charge is 0.0767 e. The normalized spacial score (nSPS) is 13.6. The average Bonchev–Trinajstić information content (AvgIpc) is 2.00. The number of hydrogen-bond acceptors (Lipinski definition) is 3. The van der Waals surface area contributed by atoms with E-state index in [0.29, 0.717) is 12.5 Å². The third kappa shape index (κ3) is 6.13. The van der Waals surface area contributed by atoms with Crippen LogP contribution < -0.4 is 5.32 Å². The van der Waals surface area contributed by atoms with Gasteiger partial charge in [0.2, 0.25) is 0 Å². The number of nitrogens with one attached hydrogen (secondary N) is 1. The van der Waals surface area contributed by atoms with Gasteiger partial charge in [-0.15, -0.1) is 0 Å². The fourth-order valence-electron chi connectivity index (χ4n) is 0.971. The number of ether oxygens (including phenoxy) is 1. The largest absolute Gasteiger partial charge is 0.389 e. The Bertz CT molecular complexity index is 171. The molecule has 0 aliphatic rings. The Morgan fingerprint density at radius 1 is 1.20 bits per heavy atom. The Kier molecular flexibility index (Phi) is 5.78. The number of aliphatic hydroxyl groups is 1. The summed E-state index contributed by atoms with van der Waals surface area (Å²) in [6.45, 7) is 14.1. The third-order valence-corrected chi connectivity index (χ3v) is 2.79. The molecule has 3 heteroatoms. The lowest BCUT2D eigenvalue weighted by atomic mass is 9.86. The summed E-state index contributed by atoms with van der Waals surface area (Å²) < 4.78 is 5.46. The molecule has 0 unspecified atom stereocenters. The quantitative estimate of drug-likeness (QED) is 0.639. The summed E-state index contributed by atoms with van der Waals surface area (Å²) >= 11 is 0. The standard InChI is InChI=1S/C12H27NO2/c1-10(2)9-15-8-7-13-11(3,4)12(5,6)14/h10,13-14H,7-9H2,1-6H3. The minimum absolute atomic E-state index is 0.297. The summed E-state index contributed by atoms with van der Waals surface area (Å²) in [5, 5.41) is 13.2. The van der Waals surface area contributed by atoms with Crippen LogP contribution in [0.2, 0.25) is 0 Å². The van der Waals surface area contributed by atoms with Gasteiger partial charge in [0, 0.05) is 18.7 Å². The first-order chi connectivity index (χ1) is 6.67. The van der Waals surface area contributed by atoms with Gasteiger partial charge in [0.05, 0.1) is 12.2 Å². The number of hydrogen-bond donors (Lipinski definition) is 2. The van der Waals surface area contributed by atoms with Gasteiger partial charge in [-0.3, -0.25) is 0 Å². The molecule has 0 fully saturated rings. The number of rotatable bonds is 7. The van der Waals surface area contributed by atoms with E-state index in [-0.39, 0.29) is 5.54 Å². The van der Waals surface area contributed by atoms with E-state index in [1.807, 2.05) is 27.7 Å². The minimum Gasteiger partial charge on any atom is -0.389 e. The summed E-state index contributed by atoms with van der Waals surface area (Å²) in [6.07, 6.45) is 0. The second kappa shape index (κ2) is 5.83. The van der Waals surface area contributed by atoms with Gasteiger partial charge in [-0.05, 0) is 33.6 Å². The first-order valence-corrected chi connectivity index (χ1v) is 5.72. The Labute approximate surface area is 94.2 Å². The van der Waals surface area contributed by atoms with Crippen LogP contribution >= 0.6 is 0 Å². The van der Waals surface area contributed by atoms with Crippen molar-refractivity contribution in [3.05, 3.63) is 0 Å². The molecule has 0 bridgehead atoms. The first kappa shape index (κ1) is 14.9. The lowest BCUT2D eigenvalue weighted by molar-refractivity contribution is -0.00854. The minimum atomic E-state index is -0.731. The van der Waals surface area contributed by atoms with Crippen LogP contribution in [-0.4, -0.2) is 36.0 Å². The van der Waals surface area contributed by atoms with Crippen molar-refractivity contribution >= 4 is 0 Å². The summed E-state index contributed by atoms with van der Waals surface area (Å²) in [4.78, 5) is 0. The van der Waals surface area contributed by atoms with Crippen molar-refractivity contribution < 1.29 is 9.84 Å². The predicted octanol–water partition coefficient (Wildman–Crippen LogP) is 1.80. The molecule has 0 heterocycles. The van der Waals surface area contributed by atoms with Crippen molar-refractivity contribution in [2.75, 3.05) is 19.8 Å². The fraction of sp³-hybridized carbons (Fsp3) is 1.00. The van der Waals surface area contributed by atoms with Crippen molar-refractivity contribution in [2.45, 2.75) is 52.7 Å². The van der Waals surface area contributed by atoms with Crippen LogP contribution in [0.15, 0.2) is 0 Å². The SMILES string of the molecule is CC(C)COCCNC(C)(C)C(C)(C)O. The highest BCUT2D eigenvalue weighted by atomic mass is 16.5. The van der Waals surface area contributed by atoms with Crippen LogP contribution in [0.3, 0.4) is 0 Å². The van der Waals surface area contributed by atoms with Gasteiger partial charge in [0.15, 0.2) is 0 Å². The Balaban J connectivity index is 3.68. The molecule has 92 valence electrons. The van der Waals surface area contributed by atoms with Crippen LogP contribution in [0.1, 0.15) is 41.5 Å². The van der Waals surface area contributed by atoms with Crippen LogP contribution in [0.5, 0.6) is 0 Å². The van der Waals surface area contributed by atoms with Crippen molar-refractivity contribution in [3.8, 4) is 0 Å². The molecule has 2 N–H and O–H groups in total. The van der Waals surface area contributed by atoms with Crippen LogP contribution in [-0.2, 0) is 4.74 Å². The molecule has 0 rings (SSSR count). The van der Waals surface area contributed by atoms with Gasteiger partial charge in [-0.25, -0.2) is 0 Å². The van der Waals surface area contributed by atoms with E-state index in [2.05, 4.69) is 19.2 Å². The highest BCUT2D eigenvalue weighted by molar-refractivity contribution is 4.93. The van der Waals surface area contributed by atoms with E-state index >= 15 is 0 Å². The molecule has 0 aromatic carbocycles. The molecule has 0 saturated heterocycles. The molecule has 0 aliphatic heterocycles. The van der Waals surface area contributed by atoms with E-state index in [4.69, 9.17) is 4.74 Å². The molecular weight excluding hydrogens is 190 g/mol. The zero-order chi connectivity index (χ0) is 12.1. The van der Waals surface area contributed by atoms with E-state index in [1.165, 1.54) is 0 Å². The summed E-state index contributed by atoms with van der Waals surface area (Å²) in [5.41, 5.74) is -1.03. The Morgan fingerprint density at radius 2 is 1.73 bits per heavy atom. The zero-order valence-electron chi connectivity index (χ0n) is 11.1. The maximum absolute atomic E-state index is 9.89. The molecular formula is C12H27NO2. The van der Waals surface area contributed by atoms with Crippen molar-refractivity contribution in [1.82, 2.24) is 5.32 Å². The maximum atomic E-state index is 9.89. The van der Waals surface area contributed by atoms with Crippen molar-refractivity contribution in [3.63, 3.8) is 0 Å². The molecule has 0 amide bonds. The van der Waals surface area contributed by atoms with Crippen LogP contribution in [0, 0.1) is 5.92 Å². The van der Waals surface area contributed by atoms with Crippen molar-refractivity contribution in [2.24, 2.45) is 5.92 Å². The molecule has 0 saturated carbocycles. The first-order valence-electron chi connectivity index (χ1n) is 5.72. The summed E-state index contributed by atoms with van der Waals surface area (Å²) in [7, 11) is 0. The van der Waals surface area contributed by atoms with Gasteiger partial charge >= 0.3 is 0 Å². The highest BCUT2D eigenvalue weighted by Gasteiger charge is 2.33. The van der Waals surface area contributed by atoms with E-state index in [0.717, 1.165) is 13.2 Å². The predicted molar refractivity (Wildman–Crippen MR) is 64.0 cm³/mol. The second-order valence-electron chi connectivity index (χ2n) is 5.58. The summed E-state index contributed by atoms with van der Waals surface area (Å²) in [6, 6.07) is 0. The Morgan fingerprint density at radius 3 is 2.13 bits per heavy atom. The van der Waals surface area contributed by atoms with Crippen molar-refractivity contribution in [1.29, 1.82) is 0 Å². The van der Waals surface area contributed by atoms with Gasteiger partial charge < -0.3 is 15.2 Å². The maximum Gasteiger partial charge on any atom is 0.0767 e. The van der Waals surface area contributed by atoms with E-state index in [1.54, 1.807) is 0 Å². The molecule has 0 spiro atoms. The van der Waals surface area contributed by atoms with Gasteiger partial charge in [0.1, 0.15) is 0 Å². The summed E-state index contributed by atoms with van der Waals surface area (Å²) in [5.74, 6) is 0.576. The van der Waals surface area contributed by atoms with E-state index in [9.17, 15) is 5.11 Å². The second-order valence-corrected chi connectivity index (χ2v) is 5.58. The van der Waals surface area contributed by atoms with E-state index < -0.39 is 5.60 Å². The average molecular weight is 217 g/mol. The molecule has 0 radical (unpaired) electrons. The third-order valence-electron chi connectivity index (χ3n) is 2.79. The molecule has 0 aliphatic carbocycles. The molecule has 3 nitrogen and oxygen atoms in total. The lowest BCUT2D eigenvalue weighted by Gasteiger charge is -2.38. The van der Waals surface area contributed by atoms with Gasteiger partial charge in [-0.1, -0.05) is 13.8 Å². The lowest BCUT2D eigenvalue weighted by Crippen LogP contribution is -2.56. The van der Waals surface area contributed by atoms with Gasteiger partial charge in [-0.2, -0.15) is 0 Å². The highest BCUT2D eigenvalue weighted by Crippen LogP contribution is 2.19. The Hall–Kier alpha value is -0.120. The molecule has 0 aromatic rings. The molecule has 15 heavy (non-hydrogen) atoms. The van der Waals surface area contributed by atoms with Gasteiger partial charge in [0.25, 0.3) is 0 Å². The van der Waals surface area contributed by atoms with Crippen LogP contribution in [0.25, 0.3) is 0 Å². The van der Waals surface area contributed by atoms with Crippen LogP contribution in [0.4, 0.5) is 0 Å².